The van der Waals surface area contributed by atoms with Gasteiger partial charge < -0.3 is 4.90 Å². The minimum atomic E-state index is -0.526. The molecule has 0 amide bonds. The summed E-state index contributed by atoms with van der Waals surface area (Å²) in [7, 11) is 1.71. The molecule has 0 unspecified atom stereocenters. The first-order valence-corrected chi connectivity index (χ1v) is 6.77. The lowest BCUT2D eigenvalue weighted by molar-refractivity contribution is -0.384. The summed E-state index contributed by atoms with van der Waals surface area (Å²) >= 11 is 9.16. The Morgan fingerprint density at radius 3 is 2.80 bits per heavy atom. The Kier molecular flexibility index (Phi) is 4.51. The number of hydrogen-bond acceptors (Lipinski definition) is 5. The van der Waals surface area contributed by atoms with Crippen molar-refractivity contribution >= 4 is 39.0 Å². The van der Waals surface area contributed by atoms with Crippen LogP contribution in [0, 0.1) is 10.1 Å². The van der Waals surface area contributed by atoms with Crippen molar-refractivity contribution in [3.8, 4) is 0 Å². The minimum Gasteiger partial charge on any atom is -0.349 e. The van der Waals surface area contributed by atoms with Crippen molar-refractivity contribution in [1.82, 2.24) is 9.97 Å². The lowest BCUT2D eigenvalue weighted by Crippen LogP contribution is -2.19. The highest BCUT2D eigenvalue weighted by Crippen LogP contribution is 2.27. The second-order valence-electron chi connectivity index (χ2n) is 4.05. The smallest absolute Gasteiger partial charge is 0.329 e. The largest absolute Gasteiger partial charge is 0.349 e. The molecule has 0 aliphatic carbocycles. The Hall–Kier alpha value is -1.73. The number of aromatic nitrogens is 2. The highest BCUT2D eigenvalue weighted by Gasteiger charge is 2.20. The second-order valence-corrected chi connectivity index (χ2v) is 5.24. The quantitative estimate of drug-likeness (QED) is 0.476. The van der Waals surface area contributed by atoms with Crippen molar-refractivity contribution in [2.75, 3.05) is 11.9 Å². The molecule has 0 saturated heterocycles. The molecule has 0 saturated carbocycles. The van der Waals surface area contributed by atoms with Crippen LogP contribution in [0.25, 0.3) is 0 Å². The number of nitrogens with zero attached hydrogens (tertiary/aromatic N) is 4. The summed E-state index contributed by atoms with van der Waals surface area (Å²) in [6.07, 6.45) is 1.11. The van der Waals surface area contributed by atoms with E-state index >= 15 is 0 Å². The normalized spacial score (nSPS) is 10.3. The third-order valence-corrected chi connectivity index (χ3v) is 3.60. The lowest BCUT2D eigenvalue weighted by Gasteiger charge is -2.18. The lowest BCUT2D eigenvalue weighted by atomic mass is 10.2. The van der Waals surface area contributed by atoms with Crippen LogP contribution in [0.1, 0.15) is 5.56 Å². The summed E-state index contributed by atoms with van der Waals surface area (Å²) in [6.45, 7) is 0.454. The van der Waals surface area contributed by atoms with E-state index in [1.54, 1.807) is 11.9 Å². The van der Waals surface area contributed by atoms with Gasteiger partial charge in [0.1, 0.15) is 6.20 Å². The molecular weight excluding hydrogens is 348 g/mol. The van der Waals surface area contributed by atoms with Crippen molar-refractivity contribution in [1.29, 1.82) is 0 Å². The van der Waals surface area contributed by atoms with Crippen LogP contribution < -0.4 is 4.90 Å². The van der Waals surface area contributed by atoms with E-state index in [9.17, 15) is 10.1 Å². The zero-order valence-electron chi connectivity index (χ0n) is 10.5. The SMILES string of the molecule is CN(Cc1ccccc1Br)c1nc(Cl)ncc1[N+](=O)[O-]. The van der Waals surface area contributed by atoms with E-state index in [1.807, 2.05) is 24.3 Å². The van der Waals surface area contributed by atoms with Gasteiger partial charge in [-0.05, 0) is 23.2 Å². The number of rotatable bonds is 4. The monoisotopic (exact) mass is 356 g/mol. The standard InChI is InChI=1S/C12H10BrClN4O2/c1-17(7-8-4-2-3-5-9(8)13)11-10(18(19)20)6-15-12(14)16-11/h2-6H,7H2,1H3. The number of anilines is 1. The van der Waals surface area contributed by atoms with Gasteiger partial charge in [-0.1, -0.05) is 34.1 Å². The zero-order valence-corrected chi connectivity index (χ0v) is 12.8. The van der Waals surface area contributed by atoms with E-state index in [1.165, 1.54) is 0 Å². The molecule has 104 valence electrons. The average molecular weight is 358 g/mol. The molecule has 2 rings (SSSR count). The van der Waals surface area contributed by atoms with Crippen molar-refractivity contribution in [3.63, 3.8) is 0 Å². The number of hydrogen-bond donors (Lipinski definition) is 0. The topological polar surface area (TPSA) is 72.2 Å². The molecule has 0 bridgehead atoms. The molecule has 0 aliphatic heterocycles. The molecule has 1 aromatic carbocycles. The molecule has 1 aromatic heterocycles. The van der Waals surface area contributed by atoms with Gasteiger partial charge in [-0.25, -0.2) is 4.98 Å². The van der Waals surface area contributed by atoms with Gasteiger partial charge in [0, 0.05) is 18.1 Å². The minimum absolute atomic E-state index is 0.0235. The van der Waals surface area contributed by atoms with Crippen molar-refractivity contribution in [2.45, 2.75) is 6.54 Å². The second kappa shape index (κ2) is 6.15. The van der Waals surface area contributed by atoms with Gasteiger partial charge in [0.15, 0.2) is 0 Å². The average Bonchev–Trinajstić information content (AvgIpc) is 2.40. The van der Waals surface area contributed by atoms with Crippen LogP contribution >= 0.6 is 27.5 Å². The molecule has 20 heavy (non-hydrogen) atoms. The highest BCUT2D eigenvalue weighted by molar-refractivity contribution is 9.10. The first-order chi connectivity index (χ1) is 9.49. The van der Waals surface area contributed by atoms with Crippen LogP contribution in [0.5, 0.6) is 0 Å². The predicted octanol–water partition coefficient (Wildman–Crippen LogP) is 3.44. The van der Waals surface area contributed by atoms with Gasteiger partial charge in [-0.2, -0.15) is 4.98 Å². The number of halogens is 2. The number of nitro groups is 1. The molecule has 0 fully saturated rings. The summed E-state index contributed by atoms with van der Waals surface area (Å²) in [6, 6.07) is 7.63. The van der Waals surface area contributed by atoms with Crippen LogP contribution in [0.2, 0.25) is 5.28 Å². The molecule has 6 nitrogen and oxygen atoms in total. The third kappa shape index (κ3) is 3.23. The van der Waals surface area contributed by atoms with Crippen LogP contribution in [0.3, 0.4) is 0 Å². The van der Waals surface area contributed by atoms with Crippen LogP contribution in [-0.4, -0.2) is 21.9 Å². The molecule has 0 aliphatic rings. The fourth-order valence-electron chi connectivity index (χ4n) is 1.71. The van der Waals surface area contributed by atoms with E-state index in [0.29, 0.717) is 6.54 Å². The van der Waals surface area contributed by atoms with E-state index in [2.05, 4.69) is 25.9 Å². The molecule has 0 atom stereocenters. The Morgan fingerprint density at radius 1 is 1.45 bits per heavy atom. The molecule has 0 spiro atoms. The maximum atomic E-state index is 11.0. The Balaban J connectivity index is 2.34. The van der Waals surface area contributed by atoms with E-state index in [0.717, 1.165) is 16.2 Å². The molecule has 0 radical (unpaired) electrons. The third-order valence-electron chi connectivity index (χ3n) is 2.64. The van der Waals surface area contributed by atoms with E-state index in [4.69, 9.17) is 11.6 Å². The molecule has 2 aromatic rings. The first kappa shape index (κ1) is 14.7. The highest BCUT2D eigenvalue weighted by atomic mass is 79.9. The van der Waals surface area contributed by atoms with Crippen molar-refractivity contribution < 1.29 is 4.92 Å². The van der Waals surface area contributed by atoms with Gasteiger partial charge in [0.05, 0.1) is 4.92 Å². The van der Waals surface area contributed by atoms with Gasteiger partial charge in [0.2, 0.25) is 11.1 Å². The van der Waals surface area contributed by atoms with Gasteiger partial charge in [0.25, 0.3) is 0 Å². The van der Waals surface area contributed by atoms with E-state index in [-0.39, 0.29) is 16.8 Å². The number of benzene rings is 1. The summed E-state index contributed by atoms with van der Waals surface area (Å²) in [5.41, 5.74) is 0.808. The molecule has 1 heterocycles. The fraction of sp³-hybridized carbons (Fsp3) is 0.167. The summed E-state index contributed by atoms with van der Waals surface area (Å²) in [4.78, 5) is 19.7. The Morgan fingerprint density at radius 2 is 2.15 bits per heavy atom. The molecule has 8 heteroatoms. The van der Waals surface area contributed by atoms with Crippen molar-refractivity contribution in [2.24, 2.45) is 0 Å². The first-order valence-electron chi connectivity index (χ1n) is 5.60. The van der Waals surface area contributed by atoms with Gasteiger partial charge >= 0.3 is 5.69 Å². The summed E-state index contributed by atoms with van der Waals surface area (Å²) < 4.78 is 0.926. The van der Waals surface area contributed by atoms with Crippen molar-refractivity contribution in [3.05, 3.63) is 55.9 Å². The van der Waals surface area contributed by atoms with E-state index < -0.39 is 4.92 Å². The van der Waals surface area contributed by atoms with Gasteiger partial charge in [-0.15, -0.1) is 0 Å². The fourth-order valence-corrected chi connectivity index (χ4v) is 2.25. The maximum Gasteiger partial charge on any atom is 0.329 e. The zero-order chi connectivity index (χ0) is 14.7. The Bertz CT molecular complexity index is 653. The Labute approximate surface area is 128 Å². The van der Waals surface area contributed by atoms with Gasteiger partial charge in [-0.3, -0.25) is 10.1 Å². The summed E-state index contributed by atoms with van der Waals surface area (Å²) in [5, 5.41) is 11.0. The molecular formula is C12H10BrClN4O2. The predicted molar refractivity (Wildman–Crippen MR) is 79.9 cm³/mol. The molecule has 0 N–H and O–H groups in total. The maximum absolute atomic E-state index is 11.0. The van der Waals surface area contributed by atoms with Crippen LogP contribution in [0.15, 0.2) is 34.9 Å². The summed E-state index contributed by atoms with van der Waals surface area (Å²) in [5.74, 6) is 0.186. The van der Waals surface area contributed by atoms with Crippen LogP contribution in [0.4, 0.5) is 11.5 Å². The van der Waals surface area contributed by atoms with Crippen LogP contribution in [-0.2, 0) is 6.54 Å².